The summed E-state index contributed by atoms with van der Waals surface area (Å²) in [6.07, 6.45) is 3.17. The van der Waals surface area contributed by atoms with E-state index in [0.29, 0.717) is 38.7 Å². The number of Topliss-reactive ketones (excluding diaryl/α,β-unsaturated/α-hetero) is 1. The van der Waals surface area contributed by atoms with Crippen molar-refractivity contribution < 1.29 is 19.4 Å². The summed E-state index contributed by atoms with van der Waals surface area (Å²) in [6.45, 7) is 8.60. The van der Waals surface area contributed by atoms with E-state index in [2.05, 4.69) is 41.4 Å². The largest absolute Gasteiger partial charge is 0.507 e. The number of amides is 1. The first-order valence-corrected chi connectivity index (χ1v) is 16.2. The minimum absolute atomic E-state index is 0.0272. The summed E-state index contributed by atoms with van der Waals surface area (Å²) in [5, 5.41) is 20.5. The fourth-order valence-electron chi connectivity index (χ4n) is 4.96. The number of benzene rings is 3. The number of aliphatic hydroxyl groups excluding tert-OH is 1. The van der Waals surface area contributed by atoms with Crippen LogP contribution in [0.2, 0.25) is 0 Å². The topological polar surface area (TPSA) is 92.6 Å². The van der Waals surface area contributed by atoms with Crippen LogP contribution >= 0.6 is 23.1 Å². The van der Waals surface area contributed by atoms with Crippen LogP contribution in [0.5, 0.6) is 5.75 Å². The van der Waals surface area contributed by atoms with Gasteiger partial charge >= 0.3 is 5.91 Å². The van der Waals surface area contributed by atoms with Crippen LogP contribution in [0.25, 0.3) is 5.76 Å². The van der Waals surface area contributed by atoms with Crippen LogP contribution in [0.15, 0.2) is 76.6 Å². The number of anilines is 1. The number of aryl methyl sites for hydroxylation is 3. The molecule has 0 saturated carbocycles. The van der Waals surface area contributed by atoms with Gasteiger partial charge in [-0.25, -0.2) is 0 Å². The molecular weight excluding hydrogens is 579 g/mol. The SMILES string of the molecule is CCCCCOc1ccc(C2C(=C(O)c3cc(C)ccc3C)C(=O)C(=O)N2c2nnc(SCc3ccc(C)cc3)s2)cc1. The second kappa shape index (κ2) is 13.6. The lowest BCUT2D eigenvalue weighted by Crippen LogP contribution is -2.29. The third-order valence-corrected chi connectivity index (χ3v) is 9.52. The molecule has 1 unspecified atom stereocenters. The van der Waals surface area contributed by atoms with Gasteiger partial charge < -0.3 is 9.84 Å². The minimum Gasteiger partial charge on any atom is -0.507 e. The maximum Gasteiger partial charge on any atom is 0.301 e. The molecule has 1 fully saturated rings. The van der Waals surface area contributed by atoms with Crippen molar-refractivity contribution in [2.45, 2.75) is 63.1 Å². The maximum atomic E-state index is 13.6. The van der Waals surface area contributed by atoms with E-state index in [9.17, 15) is 14.7 Å². The van der Waals surface area contributed by atoms with Gasteiger partial charge in [-0.2, -0.15) is 0 Å². The summed E-state index contributed by atoms with van der Waals surface area (Å²) >= 11 is 2.78. The van der Waals surface area contributed by atoms with Crippen molar-refractivity contribution in [1.82, 2.24) is 10.2 Å². The van der Waals surface area contributed by atoms with E-state index < -0.39 is 17.7 Å². The van der Waals surface area contributed by atoms with Crippen LogP contribution in [-0.4, -0.2) is 33.6 Å². The van der Waals surface area contributed by atoms with Crippen molar-refractivity contribution in [2.75, 3.05) is 11.5 Å². The molecule has 1 aliphatic rings. The molecule has 222 valence electrons. The first-order chi connectivity index (χ1) is 20.8. The summed E-state index contributed by atoms with van der Waals surface area (Å²) in [7, 11) is 0. The van der Waals surface area contributed by atoms with E-state index in [0.717, 1.165) is 36.0 Å². The van der Waals surface area contributed by atoms with Gasteiger partial charge in [0, 0.05) is 11.3 Å². The molecule has 0 radical (unpaired) electrons. The molecule has 1 saturated heterocycles. The van der Waals surface area contributed by atoms with Crippen molar-refractivity contribution >= 4 is 45.7 Å². The van der Waals surface area contributed by atoms with Crippen molar-refractivity contribution in [3.63, 3.8) is 0 Å². The molecule has 0 aliphatic carbocycles. The molecular formula is C34H35N3O4S2. The normalized spacial score (nSPS) is 16.2. The van der Waals surface area contributed by atoms with E-state index in [-0.39, 0.29) is 11.3 Å². The number of ketones is 1. The predicted octanol–water partition coefficient (Wildman–Crippen LogP) is 7.95. The minimum atomic E-state index is -0.878. The molecule has 0 bridgehead atoms. The molecule has 0 spiro atoms. The fraction of sp³-hybridized carbons (Fsp3) is 0.294. The molecule has 43 heavy (non-hydrogen) atoms. The molecule has 9 heteroatoms. The standard InChI is InChI=1S/C34H35N3O4S2/c1-5-6-7-18-41-26-16-14-25(15-17-26)29-28(30(38)27-19-22(3)8-11-23(27)4)31(39)32(40)37(29)33-35-36-34(43-33)42-20-24-12-9-21(2)10-13-24/h8-17,19,29,38H,5-7,18,20H2,1-4H3. The molecule has 5 rings (SSSR count). The van der Waals surface area contributed by atoms with E-state index in [1.807, 2.05) is 63.2 Å². The Morgan fingerprint density at radius 1 is 0.953 bits per heavy atom. The van der Waals surface area contributed by atoms with Gasteiger partial charge in [0.1, 0.15) is 11.5 Å². The van der Waals surface area contributed by atoms with Gasteiger partial charge in [-0.1, -0.05) is 103 Å². The van der Waals surface area contributed by atoms with E-state index in [1.54, 1.807) is 0 Å². The summed E-state index contributed by atoms with van der Waals surface area (Å²) in [6, 6.07) is 20.4. The van der Waals surface area contributed by atoms with Crippen molar-refractivity contribution in [1.29, 1.82) is 0 Å². The van der Waals surface area contributed by atoms with Gasteiger partial charge in [0.15, 0.2) is 4.34 Å². The molecule has 1 amide bonds. The Labute approximate surface area is 260 Å². The van der Waals surface area contributed by atoms with Crippen molar-refractivity contribution in [3.8, 4) is 5.75 Å². The van der Waals surface area contributed by atoms with Gasteiger partial charge in [-0.3, -0.25) is 14.5 Å². The van der Waals surface area contributed by atoms with Crippen LogP contribution in [0.4, 0.5) is 5.13 Å². The molecule has 3 aromatic carbocycles. The number of aliphatic hydroxyl groups is 1. The zero-order valence-corrected chi connectivity index (χ0v) is 26.4. The average molecular weight is 614 g/mol. The van der Waals surface area contributed by atoms with Crippen molar-refractivity contribution in [2.24, 2.45) is 0 Å². The maximum absolute atomic E-state index is 13.6. The Morgan fingerprint density at radius 2 is 1.67 bits per heavy atom. The molecule has 4 aromatic rings. The van der Waals surface area contributed by atoms with Crippen LogP contribution < -0.4 is 9.64 Å². The number of ether oxygens (including phenoxy) is 1. The summed E-state index contributed by atoms with van der Waals surface area (Å²) in [5.41, 5.74) is 5.29. The van der Waals surface area contributed by atoms with Gasteiger partial charge in [-0.15, -0.1) is 10.2 Å². The summed E-state index contributed by atoms with van der Waals surface area (Å²) in [4.78, 5) is 28.6. The highest BCUT2D eigenvalue weighted by molar-refractivity contribution is 8.00. The molecule has 1 aromatic heterocycles. The second-order valence-electron chi connectivity index (χ2n) is 10.7. The Hall–Kier alpha value is -3.95. The zero-order valence-electron chi connectivity index (χ0n) is 24.8. The highest BCUT2D eigenvalue weighted by Crippen LogP contribution is 2.44. The molecule has 1 N–H and O–H groups in total. The van der Waals surface area contributed by atoms with Gasteiger partial charge in [0.25, 0.3) is 5.78 Å². The van der Waals surface area contributed by atoms with E-state index >= 15 is 0 Å². The number of nitrogens with zero attached hydrogens (tertiary/aromatic N) is 3. The third kappa shape index (κ3) is 6.84. The van der Waals surface area contributed by atoms with Crippen LogP contribution in [0, 0.1) is 20.8 Å². The summed E-state index contributed by atoms with van der Waals surface area (Å²) in [5.74, 6) is -0.304. The van der Waals surface area contributed by atoms with Gasteiger partial charge in [0.05, 0.1) is 18.2 Å². The monoisotopic (exact) mass is 613 g/mol. The number of thioether (sulfide) groups is 1. The number of hydrogen-bond acceptors (Lipinski definition) is 8. The number of rotatable bonds is 11. The Kier molecular flexibility index (Phi) is 9.62. The highest BCUT2D eigenvalue weighted by Gasteiger charge is 2.48. The lowest BCUT2D eigenvalue weighted by molar-refractivity contribution is -0.132. The van der Waals surface area contributed by atoms with Crippen LogP contribution in [0.1, 0.15) is 65.6 Å². The number of unbranched alkanes of at least 4 members (excludes halogenated alkanes) is 2. The second-order valence-corrected chi connectivity index (χ2v) is 12.9. The predicted molar refractivity (Wildman–Crippen MR) is 173 cm³/mol. The number of hydrogen-bond donors (Lipinski definition) is 1. The van der Waals surface area contributed by atoms with Gasteiger partial charge in [0.2, 0.25) is 5.13 Å². The number of carbonyl (C=O) groups is 2. The smallest absolute Gasteiger partial charge is 0.301 e. The lowest BCUT2D eigenvalue weighted by Gasteiger charge is -2.23. The quantitative estimate of drug-likeness (QED) is 0.0458. The third-order valence-electron chi connectivity index (χ3n) is 7.39. The molecule has 1 aliphatic heterocycles. The zero-order chi connectivity index (χ0) is 30.5. The highest BCUT2D eigenvalue weighted by atomic mass is 32.2. The fourth-order valence-corrected chi connectivity index (χ4v) is 6.78. The van der Waals surface area contributed by atoms with E-state index in [1.165, 1.54) is 33.6 Å². The van der Waals surface area contributed by atoms with E-state index in [4.69, 9.17) is 4.74 Å². The molecule has 2 heterocycles. The molecule has 1 atom stereocenters. The average Bonchev–Trinajstić information content (AvgIpc) is 3.58. The number of aromatic nitrogens is 2. The van der Waals surface area contributed by atoms with Gasteiger partial charge in [-0.05, 0) is 62.1 Å². The number of carbonyl (C=O) groups excluding carboxylic acids is 2. The first kappa shape index (κ1) is 30.5. The van der Waals surface area contributed by atoms with Crippen LogP contribution in [0.3, 0.4) is 0 Å². The van der Waals surface area contributed by atoms with Crippen LogP contribution in [-0.2, 0) is 15.3 Å². The Balaban J connectivity index is 1.51. The Morgan fingerprint density at radius 3 is 2.40 bits per heavy atom. The summed E-state index contributed by atoms with van der Waals surface area (Å²) < 4.78 is 6.58. The Bertz CT molecular complexity index is 1650. The van der Waals surface area contributed by atoms with Crippen molar-refractivity contribution in [3.05, 3.63) is 106 Å². The lowest BCUT2D eigenvalue weighted by atomic mass is 9.93. The first-order valence-electron chi connectivity index (χ1n) is 14.4. The molecule has 7 nitrogen and oxygen atoms in total.